The predicted molar refractivity (Wildman–Crippen MR) is 92.0 cm³/mol. The number of nitro groups is 1. The van der Waals surface area contributed by atoms with Crippen LogP contribution in [-0.4, -0.2) is 27.0 Å². The fourth-order valence-electron chi connectivity index (χ4n) is 2.22. The van der Waals surface area contributed by atoms with E-state index in [9.17, 15) is 19.7 Å². The number of hydrazine groups is 1. The van der Waals surface area contributed by atoms with Crippen LogP contribution in [0, 0.1) is 10.1 Å². The molecule has 0 saturated carbocycles. The Morgan fingerprint density at radius 1 is 1.32 bits per heavy atom. The maximum absolute atomic E-state index is 12.1. The van der Waals surface area contributed by atoms with Crippen LogP contribution in [0.3, 0.4) is 0 Å². The molecule has 2 aromatic rings. The Morgan fingerprint density at radius 2 is 2.12 bits per heavy atom. The second kappa shape index (κ2) is 7.18. The zero-order chi connectivity index (χ0) is 17.8. The van der Waals surface area contributed by atoms with E-state index in [1.165, 1.54) is 30.1 Å². The molecule has 0 bridgehead atoms. The number of carbonyl (C=O) groups excluding carboxylic acids is 2. The van der Waals surface area contributed by atoms with Crippen molar-refractivity contribution in [2.45, 2.75) is 16.6 Å². The number of nitrogens with one attached hydrogen (secondary N) is 3. The smallest absolute Gasteiger partial charge is 0.313 e. The highest BCUT2D eigenvalue weighted by atomic mass is 32.2. The molecule has 1 atom stereocenters. The summed E-state index contributed by atoms with van der Waals surface area (Å²) in [7, 11) is 0. The van der Waals surface area contributed by atoms with Gasteiger partial charge in [0.2, 0.25) is 17.6 Å². The molecule has 1 aromatic heterocycles. The number of rotatable bonds is 5. The van der Waals surface area contributed by atoms with Crippen LogP contribution in [0.25, 0.3) is 0 Å². The number of hydrogen-bond donors (Lipinski definition) is 3. The number of fused-ring (bicyclic) bond motifs is 1. The van der Waals surface area contributed by atoms with E-state index in [1.54, 1.807) is 6.07 Å². The van der Waals surface area contributed by atoms with Crippen molar-refractivity contribution in [2.75, 3.05) is 10.7 Å². The lowest BCUT2D eigenvalue weighted by Gasteiger charge is -2.23. The first kappa shape index (κ1) is 16.7. The largest absolute Gasteiger partial charge is 0.324 e. The van der Waals surface area contributed by atoms with Crippen molar-refractivity contribution < 1.29 is 14.5 Å². The summed E-state index contributed by atoms with van der Waals surface area (Å²) in [6, 6.07) is 10.0. The van der Waals surface area contributed by atoms with E-state index in [0.29, 0.717) is 0 Å². The molecule has 0 radical (unpaired) electrons. The zero-order valence-electron chi connectivity index (χ0n) is 12.8. The summed E-state index contributed by atoms with van der Waals surface area (Å²) in [6.45, 7) is 0. The van der Waals surface area contributed by atoms with Crippen LogP contribution in [0.2, 0.25) is 0 Å². The fourth-order valence-corrected chi connectivity index (χ4v) is 3.33. The Bertz CT molecular complexity index is 844. The fraction of sp³-hybridized carbons (Fsp3) is 0.133. The molecule has 1 aromatic carbocycles. The number of thioether (sulfide) groups is 1. The van der Waals surface area contributed by atoms with Gasteiger partial charge in [-0.2, -0.15) is 0 Å². The molecule has 3 rings (SSSR count). The third-order valence-electron chi connectivity index (χ3n) is 3.38. The van der Waals surface area contributed by atoms with E-state index < -0.39 is 16.1 Å². The second-order valence-corrected chi connectivity index (χ2v) is 6.34. The van der Waals surface area contributed by atoms with Gasteiger partial charge >= 0.3 is 5.69 Å². The van der Waals surface area contributed by atoms with Gasteiger partial charge in [-0.1, -0.05) is 12.1 Å². The van der Waals surface area contributed by atoms with E-state index in [4.69, 9.17) is 0 Å². The molecule has 0 saturated heterocycles. The Kier molecular flexibility index (Phi) is 4.80. The van der Waals surface area contributed by atoms with E-state index in [-0.39, 0.29) is 23.8 Å². The van der Waals surface area contributed by atoms with Crippen molar-refractivity contribution in [1.82, 2.24) is 10.4 Å². The first-order valence-corrected chi connectivity index (χ1v) is 8.13. The molecule has 0 aliphatic carbocycles. The van der Waals surface area contributed by atoms with Gasteiger partial charge in [0.15, 0.2) is 0 Å². The first-order chi connectivity index (χ1) is 12.0. The third kappa shape index (κ3) is 3.86. The monoisotopic (exact) mass is 359 g/mol. The zero-order valence-corrected chi connectivity index (χ0v) is 13.6. The maximum atomic E-state index is 12.1. The highest BCUT2D eigenvalue weighted by molar-refractivity contribution is 8.01. The summed E-state index contributed by atoms with van der Waals surface area (Å²) in [4.78, 5) is 39.1. The molecule has 2 heterocycles. The number of amides is 2. The van der Waals surface area contributed by atoms with Gasteiger partial charge in [-0.3, -0.25) is 30.6 Å². The Morgan fingerprint density at radius 3 is 2.92 bits per heavy atom. The summed E-state index contributed by atoms with van der Waals surface area (Å²) in [5.41, 5.74) is 5.22. The quantitative estimate of drug-likeness (QED) is 0.550. The average Bonchev–Trinajstić information content (AvgIpc) is 2.60. The van der Waals surface area contributed by atoms with E-state index in [0.717, 1.165) is 10.6 Å². The van der Waals surface area contributed by atoms with Gasteiger partial charge in [0, 0.05) is 23.6 Å². The summed E-state index contributed by atoms with van der Waals surface area (Å²) in [5.74, 6) is -0.818. The maximum Gasteiger partial charge on any atom is 0.313 e. The number of aromatic nitrogens is 1. The van der Waals surface area contributed by atoms with Crippen LogP contribution in [0.15, 0.2) is 47.5 Å². The number of pyridine rings is 1. The lowest BCUT2D eigenvalue weighted by atomic mass is 10.2. The molecule has 9 nitrogen and oxygen atoms in total. The molecule has 0 spiro atoms. The molecule has 25 heavy (non-hydrogen) atoms. The highest BCUT2D eigenvalue weighted by Crippen LogP contribution is 2.36. The van der Waals surface area contributed by atoms with Crippen molar-refractivity contribution in [2.24, 2.45) is 0 Å². The molecule has 1 aliphatic rings. The molecular weight excluding hydrogens is 346 g/mol. The Balaban J connectivity index is 1.60. The minimum atomic E-state index is -0.608. The van der Waals surface area contributed by atoms with Gasteiger partial charge in [0.25, 0.3) is 0 Å². The van der Waals surface area contributed by atoms with Crippen LogP contribution in [0.5, 0.6) is 0 Å². The molecule has 2 amide bonds. The van der Waals surface area contributed by atoms with Gasteiger partial charge in [0.1, 0.15) is 0 Å². The van der Waals surface area contributed by atoms with Crippen LogP contribution in [0.4, 0.5) is 17.2 Å². The predicted octanol–water partition coefficient (Wildman–Crippen LogP) is 1.94. The number of anilines is 2. The van der Waals surface area contributed by atoms with Crippen LogP contribution in [-0.2, 0) is 9.59 Å². The van der Waals surface area contributed by atoms with Gasteiger partial charge in [0.05, 0.1) is 15.9 Å². The van der Waals surface area contributed by atoms with E-state index in [2.05, 4.69) is 21.2 Å². The highest BCUT2D eigenvalue weighted by Gasteiger charge is 2.29. The van der Waals surface area contributed by atoms with E-state index >= 15 is 0 Å². The van der Waals surface area contributed by atoms with Gasteiger partial charge < -0.3 is 5.32 Å². The summed E-state index contributed by atoms with van der Waals surface area (Å²) < 4.78 is 0. The van der Waals surface area contributed by atoms with Crippen LogP contribution >= 0.6 is 11.8 Å². The topological polar surface area (TPSA) is 126 Å². The average molecular weight is 359 g/mol. The van der Waals surface area contributed by atoms with Crippen molar-refractivity contribution >= 4 is 40.8 Å². The van der Waals surface area contributed by atoms with Crippen molar-refractivity contribution in [3.8, 4) is 0 Å². The van der Waals surface area contributed by atoms with Crippen molar-refractivity contribution in [3.05, 3.63) is 52.7 Å². The lowest BCUT2D eigenvalue weighted by Crippen LogP contribution is -2.37. The summed E-state index contributed by atoms with van der Waals surface area (Å²) >= 11 is 1.30. The molecule has 0 fully saturated rings. The SMILES string of the molecule is O=C(C[C@@H]1Sc2ccccc2NC1=O)NNc1ncccc1[N+](=O)[O-]. The van der Waals surface area contributed by atoms with Crippen LogP contribution in [0.1, 0.15) is 6.42 Å². The summed E-state index contributed by atoms with van der Waals surface area (Å²) in [6.07, 6.45) is 1.28. The minimum Gasteiger partial charge on any atom is -0.324 e. The molecule has 3 N–H and O–H groups in total. The molecule has 10 heteroatoms. The number of carbonyl (C=O) groups is 2. The molecule has 1 aliphatic heterocycles. The minimum absolute atomic E-state index is 0.0769. The third-order valence-corrected chi connectivity index (χ3v) is 4.66. The van der Waals surface area contributed by atoms with Gasteiger partial charge in [-0.25, -0.2) is 4.98 Å². The lowest BCUT2D eigenvalue weighted by molar-refractivity contribution is -0.384. The first-order valence-electron chi connectivity index (χ1n) is 7.25. The van der Waals surface area contributed by atoms with Crippen molar-refractivity contribution in [1.29, 1.82) is 0 Å². The molecule has 128 valence electrons. The normalized spacial score (nSPS) is 15.7. The van der Waals surface area contributed by atoms with Crippen molar-refractivity contribution in [3.63, 3.8) is 0 Å². The number of hydrogen-bond acceptors (Lipinski definition) is 7. The number of para-hydroxylation sites is 1. The standard InChI is InChI=1S/C15H13N5O4S/c21-13(18-19-14-10(20(23)24)5-3-7-16-14)8-12-15(22)17-9-4-1-2-6-11(9)25-12/h1-7,12H,8H2,(H,16,19)(H,17,22)(H,18,21)/t12-/m0/s1. The Hall–Kier alpha value is -3.14. The Labute approximate surface area is 146 Å². The number of benzene rings is 1. The molecular formula is C15H13N5O4S. The second-order valence-electron chi connectivity index (χ2n) is 5.10. The molecule has 0 unspecified atom stereocenters. The van der Waals surface area contributed by atoms with E-state index in [1.807, 2.05) is 18.2 Å². The van der Waals surface area contributed by atoms with Gasteiger partial charge in [-0.15, -0.1) is 11.8 Å². The van der Waals surface area contributed by atoms with Crippen LogP contribution < -0.4 is 16.2 Å². The van der Waals surface area contributed by atoms with Gasteiger partial charge in [-0.05, 0) is 18.2 Å². The number of nitrogens with zero attached hydrogens (tertiary/aromatic N) is 2. The summed E-state index contributed by atoms with van der Waals surface area (Å²) in [5, 5.41) is 13.1.